The van der Waals surface area contributed by atoms with Crippen LogP contribution in [0.4, 0.5) is 5.69 Å². The van der Waals surface area contributed by atoms with E-state index in [4.69, 9.17) is 11.6 Å². The number of nitrogens with one attached hydrogen (secondary N) is 3. The molecule has 1 unspecified atom stereocenters. The predicted octanol–water partition coefficient (Wildman–Crippen LogP) is 3.70. The molecule has 2 heterocycles. The minimum atomic E-state index is -0.731. The number of hydrogen-bond donors (Lipinski definition) is 3. The fraction of sp³-hybridized carbons (Fsp3) is 0.364. The fourth-order valence-electron chi connectivity index (χ4n) is 5.74. The van der Waals surface area contributed by atoms with Crippen LogP contribution in [0, 0.1) is 0 Å². The van der Waals surface area contributed by atoms with Crippen molar-refractivity contribution in [2.24, 2.45) is 0 Å². The summed E-state index contributed by atoms with van der Waals surface area (Å²) in [7, 11) is 0. The molecule has 3 aromatic rings. The smallest absolute Gasteiger partial charge is 0.253 e. The molecule has 10 heteroatoms. The Hall–Kier alpha value is -3.53. The summed E-state index contributed by atoms with van der Waals surface area (Å²) in [5.41, 5.74) is 4.52. The first-order valence-electron chi connectivity index (χ1n) is 14.7. The largest absolute Gasteiger partial charge is 0.367 e. The van der Waals surface area contributed by atoms with Gasteiger partial charge in [-0.1, -0.05) is 60.1 Å². The number of thioether (sulfide) groups is 1. The normalized spacial score (nSPS) is 17.1. The summed E-state index contributed by atoms with van der Waals surface area (Å²) >= 11 is 7.80. The van der Waals surface area contributed by atoms with Crippen LogP contribution < -0.4 is 20.9 Å². The zero-order valence-electron chi connectivity index (χ0n) is 24.4. The van der Waals surface area contributed by atoms with Crippen LogP contribution in [0.3, 0.4) is 0 Å². The monoisotopic (exact) mass is 619 g/mol. The van der Waals surface area contributed by atoms with E-state index in [0.717, 1.165) is 34.6 Å². The summed E-state index contributed by atoms with van der Waals surface area (Å²) in [5, 5.41) is 10.0. The molecule has 1 fully saturated rings. The number of piperazine rings is 1. The Morgan fingerprint density at radius 1 is 0.977 bits per heavy atom. The Bertz CT molecular complexity index is 1430. The second-order valence-corrected chi connectivity index (χ2v) is 12.2. The first-order valence-corrected chi connectivity index (χ1v) is 16.5. The number of anilines is 1. The Balaban J connectivity index is 1.28. The number of carbonyl (C=O) groups excluding carboxylic acids is 3. The van der Waals surface area contributed by atoms with Gasteiger partial charge in [0.15, 0.2) is 0 Å². The van der Waals surface area contributed by atoms with Gasteiger partial charge in [0.1, 0.15) is 12.1 Å². The SMILES string of the molecule is CSCCNC(=O)c1ccccc1N1CCN(C(=O)[C@@H](Cc2ccc(Cl)cc2)NC(=O)C2NCCc3ccccc32)CC1. The number of amides is 3. The van der Waals surface area contributed by atoms with Gasteiger partial charge in [0, 0.05) is 62.2 Å². The molecule has 0 saturated carbocycles. The van der Waals surface area contributed by atoms with Crippen molar-refractivity contribution in [2.45, 2.75) is 24.9 Å². The summed E-state index contributed by atoms with van der Waals surface area (Å²) in [6, 6.07) is 21.7. The second-order valence-electron chi connectivity index (χ2n) is 10.8. The van der Waals surface area contributed by atoms with E-state index in [9.17, 15) is 14.4 Å². The molecule has 0 aliphatic carbocycles. The molecule has 2 aliphatic rings. The Kier molecular flexibility index (Phi) is 10.6. The quantitative estimate of drug-likeness (QED) is 0.300. The van der Waals surface area contributed by atoms with Crippen molar-refractivity contribution in [3.63, 3.8) is 0 Å². The van der Waals surface area contributed by atoms with Gasteiger partial charge >= 0.3 is 0 Å². The summed E-state index contributed by atoms with van der Waals surface area (Å²) in [4.78, 5) is 44.5. The average Bonchev–Trinajstić information content (AvgIpc) is 3.05. The van der Waals surface area contributed by atoms with E-state index in [-0.39, 0.29) is 17.7 Å². The van der Waals surface area contributed by atoms with E-state index < -0.39 is 12.1 Å². The lowest BCUT2D eigenvalue weighted by Gasteiger charge is -2.38. The number of para-hydroxylation sites is 1. The molecule has 0 radical (unpaired) electrons. The van der Waals surface area contributed by atoms with Gasteiger partial charge in [-0.3, -0.25) is 14.4 Å². The molecule has 3 N–H and O–H groups in total. The standard InChI is InChI=1S/C33H38ClN5O3S/c1-43-21-16-36-31(40)27-8-4-5-9-29(27)38-17-19-39(20-18-38)33(42)28(22-23-10-12-25(34)13-11-23)37-32(41)30-26-7-3-2-6-24(26)14-15-35-30/h2-13,28,30,35H,14-22H2,1H3,(H,36,40)(H,37,41)/t28-,30?/m1/s1. The number of rotatable bonds is 10. The molecule has 43 heavy (non-hydrogen) atoms. The van der Waals surface area contributed by atoms with Crippen LogP contribution in [0.5, 0.6) is 0 Å². The van der Waals surface area contributed by atoms with E-state index >= 15 is 0 Å². The number of carbonyl (C=O) groups is 3. The molecular weight excluding hydrogens is 582 g/mol. The maximum Gasteiger partial charge on any atom is 0.253 e. The first kappa shape index (κ1) is 30.9. The van der Waals surface area contributed by atoms with Crippen LogP contribution in [0.1, 0.15) is 33.1 Å². The van der Waals surface area contributed by atoms with Crippen LogP contribution in [-0.4, -0.2) is 79.9 Å². The van der Waals surface area contributed by atoms with Crippen LogP contribution in [-0.2, 0) is 22.4 Å². The van der Waals surface area contributed by atoms with E-state index in [1.807, 2.05) is 65.8 Å². The molecule has 2 atom stereocenters. The van der Waals surface area contributed by atoms with Gasteiger partial charge in [-0.15, -0.1) is 0 Å². The third-order valence-electron chi connectivity index (χ3n) is 8.01. The lowest BCUT2D eigenvalue weighted by molar-refractivity contribution is -0.137. The Morgan fingerprint density at radius 3 is 2.47 bits per heavy atom. The van der Waals surface area contributed by atoms with Gasteiger partial charge in [0.05, 0.1) is 5.56 Å². The van der Waals surface area contributed by atoms with E-state index in [0.29, 0.717) is 56.3 Å². The van der Waals surface area contributed by atoms with Crippen LogP contribution in [0.2, 0.25) is 5.02 Å². The van der Waals surface area contributed by atoms with Gasteiger partial charge in [0.2, 0.25) is 11.8 Å². The number of hydrogen-bond acceptors (Lipinski definition) is 6. The molecule has 3 aromatic carbocycles. The molecule has 0 aromatic heterocycles. The van der Waals surface area contributed by atoms with Gasteiger partial charge in [-0.05, 0) is 53.6 Å². The molecule has 0 spiro atoms. The lowest BCUT2D eigenvalue weighted by atomic mass is 9.93. The Labute approximate surface area is 262 Å². The van der Waals surface area contributed by atoms with Crippen molar-refractivity contribution in [3.8, 4) is 0 Å². The van der Waals surface area contributed by atoms with E-state index in [2.05, 4.69) is 26.9 Å². The topological polar surface area (TPSA) is 93.8 Å². The zero-order valence-corrected chi connectivity index (χ0v) is 25.9. The van der Waals surface area contributed by atoms with Crippen molar-refractivity contribution >= 4 is 46.8 Å². The minimum absolute atomic E-state index is 0.0909. The van der Waals surface area contributed by atoms with Crippen molar-refractivity contribution in [1.29, 1.82) is 0 Å². The second kappa shape index (κ2) is 14.8. The highest BCUT2D eigenvalue weighted by molar-refractivity contribution is 7.98. The highest BCUT2D eigenvalue weighted by Crippen LogP contribution is 2.25. The average molecular weight is 620 g/mol. The maximum atomic E-state index is 14.0. The summed E-state index contributed by atoms with van der Waals surface area (Å²) in [6.07, 6.45) is 3.23. The van der Waals surface area contributed by atoms with Crippen molar-refractivity contribution < 1.29 is 14.4 Å². The van der Waals surface area contributed by atoms with Gasteiger partial charge in [0.25, 0.3) is 5.91 Å². The van der Waals surface area contributed by atoms with Gasteiger partial charge < -0.3 is 25.8 Å². The van der Waals surface area contributed by atoms with Gasteiger partial charge in [-0.2, -0.15) is 11.8 Å². The van der Waals surface area contributed by atoms with Crippen molar-refractivity contribution in [2.75, 3.05) is 56.2 Å². The molecule has 5 rings (SSSR count). The fourth-order valence-corrected chi connectivity index (χ4v) is 6.17. The minimum Gasteiger partial charge on any atom is -0.367 e. The van der Waals surface area contributed by atoms with Crippen molar-refractivity contribution in [1.82, 2.24) is 20.9 Å². The number of nitrogens with zero attached hydrogens (tertiary/aromatic N) is 2. The number of halogens is 1. The molecule has 226 valence electrons. The lowest BCUT2D eigenvalue weighted by Crippen LogP contribution is -2.57. The molecule has 3 amide bonds. The number of benzene rings is 3. The molecule has 0 bridgehead atoms. The molecule has 2 aliphatic heterocycles. The molecular formula is C33H38ClN5O3S. The summed E-state index contributed by atoms with van der Waals surface area (Å²) in [6.45, 7) is 3.45. The van der Waals surface area contributed by atoms with Crippen LogP contribution >= 0.6 is 23.4 Å². The zero-order chi connectivity index (χ0) is 30.2. The maximum absolute atomic E-state index is 14.0. The van der Waals surface area contributed by atoms with E-state index in [1.165, 1.54) is 0 Å². The first-order chi connectivity index (χ1) is 20.9. The summed E-state index contributed by atoms with van der Waals surface area (Å²) < 4.78 is 0. The van der Waals surface area contributed by atoms with Crippen LogP contribution in [0.15, 0.2) is 72.8 Å². The summed E-state index contributed by atoms with van der Waals surface area (Å²) in [5.74, 6) is 0.438. The molecule has 8 nitrogen and oxygen atoms in total. The number of fused-ring (bicyclic) bond motifs is 1. The molecule has 1 saturated heterocycles. The highest BCUT2D eigenvalue weighted by atomic mass is 35.5. The third kappa shape index (κ3) is 7.71. The van der Waals surface area contributed by atoms with Gasteiger partial charge in [-0.25, -0.2) is 0 Å². The van der Waals surface area contributed by atoms with Crippen LogP contribution in [0.25, 0.3) is 0 Å². The van der Waals surface area contributed by atoms with E-state index in [1.54, 1.807) is 23.9 Å². The predicted molar refractivity (Wildman–Crippen MR) is 174 cm³/mol. The highest BCUT2D eigenvalue weighted by Gasteiger charge is 2.33. The van der Waals surface area contributed by atoms with Crippen molar-refractivity contribution in [3.05, 3.63) is 100 Å². The Morgan fingerprint density at radius 2 is 1.70 bits per heavy atom. The third-order valence-corrected chi connectivity index (χ3v) is 8.88.